The van der Waals surface area contributed by atoms with Crippen LogP contribution >= 0.6 is 24.0 Å². The van der Waals surface area contributed by atoms with E-state index in [1.807, 2.05) is 6.92 Å². The maximum Gasteiger partial charge on any atom is 0.266 e. The van der Waals surface area contributed by atoms with Crippen LogP contribution in [0.5, 0.6) is 11.5 Å². The number of nitrogens with zero attached hydrogens (tertiary/aromatic N) is 2. The summed E-state index contributed by atoms with van der Waals surface area (Å²) in [5, 5.41) is 9.80. The number of phenols is 1. The number of carbonyl (C=O) groups is 1. The van der Waals surface area contributed by atoms with Crippen molar-refractivity contribution >= 4 is 40.3 Å². The van der Waals surface area contributed by atoms with Crippen LogP contribution in [0.4, 0.5) is 0 Å². The first-order valence-electron chi connectivity index (χ1n) is 8.59. The molecule has 0 saturated carbocycles. The summed E-state index contributed by atoms with van der Waals surface area (Å²) in [6.45, 7) is 6.93. The van der Waals surface area contributed by atoms with Gasteiger partial charge in [0.25, 0.3) is 5.91 Å². The summed E-state index contributed by atoms with van der Waals surface area (Å²) in [4.78, 5) is 17.2. The molecule has 26 heavy (non-hydrogen) atoms. The zero-order valence-electron chi connectivity index (χ0n) is 14.6. The minimum atomic E-state index is -0.0701. The Morgan fingerprint density at radius 2 is 2.12 bits per heavy atom. The molecular formula is C18H22N2O4S2. The highest BCUT2D eigenvalue weighted by molar-refractivity contribution is 8.26. The highest BCUT2D eigenvalue weighted by atomic mass is 32.2. The molecule has 2 heterocycles. The van der Waals surface area contributed by atoms with Crippen molar-refractivity contribution in [2.75, 3.05) is 46.0 Å². The van der Waals surface area contributed by atoms with Gasteiger partial charge in [0.1, 0.15) is 4.32 Å². The van der Waals surface area contributed by atoms with E-state index in [0.717, 1.165) is 38.4 Å². The van der Waals surface area contributed by atoms with Crippen LogP contribution < -0.4 is 4.74 Å². The predicted molar refractivity (Wildman–Crippen MR) is 106 cm³/mol. The van der Waals surface area contributed by atoms with Crippen molar-refractivity contribution in [3.8, 4) is 11.5 Å². The molecule has 2 saturated heterocycles. The molecule has 8 heteroatoms. The fraction of sp³-hybridized carbons (Fsp3) is 0.444. The molecule has 3 rings (SSSR count). The summed E-state index contributed by atoms with van der Waals surface area (Å²) in [5.74, 6) is 0.422. The first-order valence-corrected chi connectivity index (χ1v) is 9.82. The number of ether oxygens (including phenoxy) is 2. The average Bonchev–Trinajstić information content (AvgIpc) is 2.90. The molecule has 2 aliphatic heterocycles. The van der Waals surface area contributed by atoms with Gasteiger partial charge in [-0.05, 0) is 30.7 Å². The lowest BCUT2D eigenvalue weighted by molar-refractivity contribution is -0.122. The van der Waals surface area contributed by atoms with Gasteiger partial charge in [0.15, 0.2) is 11.5 Å². The Morgan fingerprint density at radius 1 is 1.35 bits per heavy atom. The second-order valence-electron chi connectivity index (χ2n) is 5.95. The molecule has 0 aromatic heterocycles. The lowest BCUT2D eigenvalue weighted by atomic mass is 10.2. The van der Waals surface area contributed by atoms with Gasteiger partial charge in [0, 0.05) is 26.2 Å². The van der Waals surface area contributed by atoms with Crippen LogP contribution in [0.3, 0.4) is 0 Å². The summed E-state index contributed by atoms with van der Waals surface area (Å²) in [7, 11) is 0. The van der Waals surface area contributed by atoms with E-state index in [4.69, 9.17) is 21.7 Å². The van der Waals surface area contributed by atoms with Crippen LogP contribution in [-0.2, 0) is 9.53 Å². The summed E-state index contributed by atoms with van der Waals surface area (Å²) in [6.07, 6.45) is 1.79. The molecule has 2 aliphatic rings. The first-order chi connectivity index (χ1) is 12.6. The van der Waals surface area contributed by atoms with E-state index in [1.54, 1.807) is 29.2 Å². The number of benzene rings is 1. The number of hydrogen-bond acceptors (Lipinski definition) is 7. The molecule has 0 radical (unpaired) electrons. The lowest BCUT2D eigenvalue weighted by Crippen LogP contribution is -2.42. The van der Waals surface area contributed by atoms with Gasteiger partial charge in [-0.3, -0.25) is 14.6 Å². The Bertz CT molecular complexity index is 717. The second-order valence-corrected chi connectivity index (χ2v) is 7.62. The number of morpholine rings is 1. The van der Waals surface area contributed by atoms with Crippen LogP contribution in [0.2, 0.25) is 0 Å². The van der Waals surface area contributed by atoms with Crippen molar-refractivity contribution in [1.29, 1.82) is 0 Å². The fourth-order valence-electron chi connectivity index (χ4n) is 2.80. The number of rotatable bonds is 6. The summed E-state index contributed by atoms with van der Waals surface area (Å²) in [5.41, 5.74) is 0.792. The first kappa shape index (κ1) is 19.2. The SMILES string of the molecule is CCOc1cc(C=C2SC(=S)N(CCN3CCOCC3)C2=O)ccc1O. The van der Waals surface area contributed by atoms with Crippen LogP contribution in [0.15, 0.2) is 23.1 Å². The molecule has 0 bridgehead atoms. The largest absolute Gasteiger partial charge is 0.504 e. The molecule has 1 N–H and O–H groups in total. The third-order valence-corrected chi connectivity index (χ3v) is 5.58. The smallest absolute Gasteiger partial charge is 0.266 e. The van der Waals surface area contributed by atoms with Gasteiger partial charge in [-0.25, -0.2) is 0 Å². The van der Waals surface area contributed by atoms with E-state index in [2.05, 4.69) is 4.90 Å². The third kappa shape index (κ3) is 4.56. The number of thioether (sulfide) groups is 1. The Kier molecular flexibility index (Phi) is 6.53. The summed E-state index contributed by atoms with van der Waals surface area (Å²) < 4.78 is 11.3. The van der Waals surface area contributed by atoms with Crippen molar-refractivity contribution < 1.29 is 19.4 Å². The summed E-state index contributed by atoms with van der Waals surface area (Å²) in [6, 6.07) is 5.03. The molecule has 1 aromatic rings. The van der Waals surface area contributed by atoms with Crippen molar-refractivity contribution in [2.24, 2.45) is 0 Å². The molecule has 0 spiro atoms. The molecule has 0 unspecified atom stereocenters. The van der Waals surface area contributed by atoms with E-state index in [9.17, 15) is 9.90 Å². The average molecular weight is 395 g/mol. The van der Waals surface area contributed by atoms with Gasteiger partial charge in [-0.2, -0.15) is 0 Å². The topological polar surface area (TPSA) is 62.2 Å². The van der Waals surface area contributed by atoms with E-state index in [0.29, 0.717) is 28.1 Å². The standard InChI is InChI=1S/C18H22N2O4S2/c1-2-24-15-11-13(3-4-14(15)21)12-16-17(22)20(18(25)26-16)6-5-19-7-9-23-10-8-19/h3-4,11-12,21H,2,5-10H2,1H3. The quantitative estimate of drug-likeness (QED) is 0.587. The number of carbonyl (C=O) groups excluding carboxylic acids is 1. The van der Waals surface area contributed by atoms with Crippen LogP contribution in [-0.4, -0.2) is 71.1 Å². The minimum Gasteiger partial charge on any atom is -0.504 e. The Balaban J connectivity index is 1.67. The Labute approximate surface area is 162 Å². The Morgan fingerprint density at radius 3 is 2.85 bits per heavy atom. The van der Waals surface area contributed by atoms with E-state index >= 15 is 0 Å². The van der Waals surface area contributed by atoms with Crippen LogP contribution in [0.25, 0.3) is 6.08 Å². The van der Waals surface area contributed by atoms with Gasteiger partial charge < -0.3 is 14.6 Å². The molecule has 0 atom stereocenters. The van der Waals surface area contributed by atoms with E-state index < -0.39 is 0 Å². The maximum absolute atomic E-state index is 12.7. The van der Waals surface area contributed by atoms with Gasteiger partial charge in [-0.15, -0.1) is 0 Å². The molecule has 2 fully saturated rings. The third-order valence-electron chi connectivity index (χ3n) is 4.20. The maximum atomic E-state index is 12.7. The van der Waals surface area contributed by atoms with Gasteiger partial charge in [0.05, 0.1) is 24.7 Å². The van der Waals surface area contributed by atoms with Gasteiger partial charge >= 0.3 is 0 Å². The lowest BCUT2D eigenvalue weighted by Gasteiger charge is -2.28. The molecule has 0 aliphatic carbocycles. The van der Waals surface area contributed by atoms with Crippen molar-refractivity contribution in [2.45, 2.75) is 6.92 Å². The monoisotopic (exact) mass is 394 g/mol. The molecule has 1 amide bonds. The number of thiocarbonyl (C=S) groups is 1. The van der Waals surface area contributed by atoms with Gasteiger partial charge in [-0.1, -0.05) is 30.0 Å². The van der Waals surface area contributed by atoms with Gasteiger partial charge in [0.2, 0.25) is 0 Å². The minimum absolute atomic E-state index is 0.0701. The Hall–Kier alpha value is -1.61. The van der Waals surface area contributed by atoms with Crippen LogP contribution in [0.1, 0.15) is 12.5 Å². The number of aromatic hydroxyl groups is 1. The second kappa shape index (κ2) is 8.85. The zero-order chi connectivity index (χ0) is 18.5. The zero-order valence-corrected chi connectivity index (χ0v) is 16.3. The molecule has 140 valence electrons. The molecule has 1 aromatic carbocycles. The number of amides is 1. The molecular weight excluding hydrogens is 372 g/mol. The number of phenolic OH excluding ortho intramolecular Hbond substituents is 1. The van der Waals surface area contributed by atoms with Crippen molar-refractivity contribution in [3.05, 3.63) is 28.7 Å². The van der Waals surface area contributed by atoms with E-state index in [1.165, 1.54) is 11.8 Å². The van der Waals surface area contributed by atoms with Crippen molar-refractivity contribution in [3.63, 3.8) is 0 Å². The fourth-order valence-corrected chi connectivity index (χ4v) is 4.11. The van der Waals surface area contributed by atoms with Crippen LogP contribution in [0, 0.1) is 0 Å². The predicted octanol–water partition coefficient (Wildman–Crippen LogP) is 2.32. The highest BCUT2D eigenvalue weighted by Crippen LogP contribution is 2.34. The molecule has 6 nitrogen and oxygen atoms in total. The summed E-state index contributed by atoms with van der Waals surface area (Å²) >= 11 is 6.69. The normalized spacial score (nSPS) is 20.2. The van der Waals surface area contributed by atoms with E-state index in [-0.39, 0.29) is 11.7 Å². The van der Waals surface area contributed by atoms with Crippen molar-refractivity contribution in [1.82, 2.24) is 9.80 Å². The number of hydrogen-bond donors (Lipinski definition) is 1. The highest BCUT2D eigenvalue weighted by Gasteiger charge is 2.32.